The number of rotatable bonds is 0. The summed E-state index contributed by atoms with van der Waals surface area (Å²) in [5.74, 6) is 0. The Balaban J connectivity index is 2.01. The summed E-state index contributed by atoms with van der Waals surface area (Å²) in [4.78, 5) is 4.97. The molecule has 1 aliphatic carbocycles. The number of nitrogens with zero attached hydrogens (tertiary/aromatic N) is 1. The van der Waals surface area contributed by atoms with E-state index in [4.69, 9.17) is 9.40 Å². The fourth-order valence-electron chi connectivity index (χ4n) is 4.30. The van der Waals surface area contributed by atoms with Gasteiger partial charge in [-0.1, -0.05) is 65.0 Å². The average molecular weight is 341 g/mol. The zero-order valence-electron chi connectivity index (χ0n) is 16.0. The highest BCUT2D eigenvalue weighted by Gasteiger charge is 2.35. The largest absolute Gasteiger partial charge is 0.456 e. The van der Waals surface area contributed by atoms with E-state index in [-0.39, 0.29) is 10.8 Å². The van der Waals surface area contributed by atoms with Crippen LogP contribution in [0.5, 0.6) is 0 Å². The molecule has 5 rings (SSSR count). The molecule has 26 heavy (non-hydrogen) atoms. The van der Waals surface area contributed by atoms with Gasteiger partial charge in [0, 0.05) is 27.9 Å². The van der Waals surface area contributed by atoms with E-state index in [1.807, 2.05) is 6.20 Å². The van der Waals surface area contributed by atoms with Crippen LogP contribution in [0.3, 0.4) is 0 Å². The third kappa shape index (κ3) is 1.90. The van der Waals surface area contributed by atoms with Crippen LogP contribution in [0.25, 0.3) is 33.2 Å². The molecule has 2 heteroatoms. The van der Waals surface area contributed by atoms with E-state index < -0.39 is 0 Å². The molecule has 2 nitrogen and oxygen atoms in total. The summed E-state index contributed by atoms with van der Waals surface area (Å²) in [6.07, 6.45) is 2.04. The van der Waals surface area contributed by atoms with Crippen molar-refractivity contribution < 1.29 is 4.42 Å². The second kappa shape index (κ2) is 4.76. The standard InChI is InChI=1S/C24H23NO/c1-23(2,3)14-12-17-22(25-13-14)15-8-6-10-18-20(15)21-16(24(17,4)5)9-7-11-19(21)26-18/h6-13H,1-5H3. The van der Waals surface area contributed by atoms with Gasteiger partial charge in [0.2, 0.25) is 0 Å². The molecular weight excluding hydrogens is 318 g/mol. The molecule has 0 unspecified atom stereocenters. The predicted molar refractivity (Wildman–Crippen MR) is 108 cm³/mol. The van der Waals surface area contributed by atoms with Crippen LogP contribution in [-0.2, 0) is 10.8 Å². The number of aromatic nitrogens is 1. The van der Waals surface area contributed by atoms with E-state index >= 15 is 0 Å². The molecule has 0 N–H and O–H groups in total. The van der Waals surface area contributed by atoms with E-state index in [9.17, 15) is 0 Å². The third-order valence-electron chi connectivity index (χ3n) is 5.88. The number of benzene rings is 2. The highest BCUT2D eigenvalue weighted by molar-refractivity contribution is 6.15. The second-order valence-electron chi connectivity index (χ2n) is 8.95. The Labute approximate surface area is 153 Å². The van der Waals surface area contributed by atoms with E-state index in [0.29, 0.717) is 0 Å². The van der Waals surface area contributed by atoms with Crippen molar-refractivity contribution in [3.63, 3.8) is 0 Å². The maximum Gasteiger partial charge on any atom is 0.136 e. The first kappa shape index (κ1) is 15.6. The highest BCUT2D eigenvalue weighted by Crippen LogP contribution is 2.49. The predicted octanol–water partition coefficient (Wildman–Crippen LogP) is 6.58. The number of hydrogen-bond acceptors (Lipinski definition) is 2. The van der Waals surface area contributed by atoms with E-state index in [1.54, 1.807) is 0 Å². The molecule has 130 valence electrons. The molecule has 2 aromatic heterocycles. The number of pyridine rings is 1. The van der Waals surface area contributed by atoms with Crippen LogP contribution in [0, 0.1) is 0 Å². The molecule has 1 aliphatic rings. The normalized spacial score (nSPS) is 15.4. The van der Waals surface area contributed by atoms with Gasteiger partial charge < -0.3 is 4.42 Å². The minimum absolute atomic E-state index is 0.0694. The van der Waals surface area contributed by atoms with Crippen molar-refractivity contribution in [1.29, 1.82) is 0 Å². The quantitative estimate of drug-likeness (QED) is 0.361. The van der Waals surface area contributed by atoms with Crippen molar-refractivity contribution in [2.75, 3.05) is 0 Å². The van der Waals surface area contributed by atoms with Gasteiger partial charge in [0.25, 0.3) is 0 Å². The first-order valence-corrected chi connectivity index (χ1v) is 9.24. The van der Waals surface area contributed by atoms with Gasteiger partial charge in [-0.3, -0.25) is 4.98 Å². The molecule has 4 aromatic rings. The fourth-order valence-corrected chi connectivity index (χ4v) is 4.30. The average Bonchev–Trinajstić information content (AvgIpc) is 2.95. The van der Waals surface area contributed by atoms with Crippen LogP contribution in [0.4, 0.5) is 0 Å². The molecule has 0 radical (unpaired) electrons. The molecule has 0 fully saturated rings. The topological polar surface area (TPSA) is 26.0 Å². The summed E-state index contributed by atoms with van der Waals surface area (Å²) in [5, 5.41) is 2.43. The molecule has 0 saturated carbocycles. The Hall–Kier alpha value is -2.61. The van der Waals surface area contributed by atoms with Crippen LogP contribution in [0.15, 0.2) is 53.1 Å². The SMILES string of the molecule is CC(C)(C)c1cnc2c(c1)C(C)(C)c1cccc3oc4cccc-2c4c13. The van der Waals surface area contributed by atoms with Crippen LogP contribution in [-0.4, -0.2) is 4.98 Å². The molecule has 0 aliphatic heterocycles. The second-order valence-corrected chi connectivity index (χ2v) is 8.95. The minimum atomic E-state index is -0.154. The lowest BCUT2D eigenvalue weighted by molar-refractivity contribution is 0.579. The van der Waals surface area contributed by atoms with Crippen LogP contribution in [0.2, 0.25) is 0 Å². The van der Waals surface area contributed by atoms with Crippen molar-refractivity contribution in [3.05, 3.63) is 65.4 Å². The highest BCUT2D eigenvalue weighted by atomic mass is 16.3. The molecule has 0 spiro atoms. The monoisotopic (exact) mass is 341 g/mol. The molecule has 2 heterocycles. The Bertz CT molecular complexity index is 1190. The lowest BCUT2D eigenvalue weighted by Gasteiger charge is -2.29. The zero-order chi connectivity index (χ0) is 18.3. The maximum atomic E-state index is 6.17. The summed E-state index contributed by atoms with van der Waals surface area (Å²) in [7, 11) is 0. The lowest BCUT2D eigenvalue weighted by atomic mass is 9.75. The van der Waals surface area contributed by atoms with Crippen LogP contribution in [0.1, 0.15) is 51.3 Å². The first-order chi connectivity index (χ1) is 12.3. The van der Waals surface area contributed by atoms with Crippen molar-refractivity contribution in [3.8, 4) is 11.3 Å². The van der Waals surface area contributed by atoms with Crippen molar-refractivity contribution >= 4 is 21.9 Å². The summed E-state index contributed by atoms with van der Waals surface area (Å²) >= 11 is 0. The molecule has 0 amide bonds. The Morgan fingerprint density at radius 3 is 2.31 bits per heavy atom. The Kier molecular flexibility index (Phi) is 2.86. The van der Waals surface area contributed by atoms with Gasteiger partial charge in [0.05, 0.1) is 5.69 Å². The fraction of sp³-hybridized carbons (Fsp3) is 0.292. The van der Waals surface area contributed by atoms with Crippen molar-refractivity contribution in [2.45, 2.75) is 45.4 Å². The minimum Gasteiger partial charge on any atom is -0.456 e. The summed E-state index contributed by atoms with van der Waals surface area (Å²) in [6, 6.07) is 15.1. The van der Waals surface area contributed by atoms with E-state index in [0.717, 1.165) is 16.9 Å². The number of hydrogen-bond donors (Lipinski definition) is 0. The number of furan rings is 1. The molecule has 0 bridgehead atoms. The Morgan fingerprint density at radius 2 is 1.58 bits per heavy atom. The summed E-state index contributed by atoms with van der Waals surface area (Å²) in [6.45, 7) is 11.3. The molecule has 0 saturated heterocycles. The van der Waals surface area contributed by atoms with Gasteiger partial charge in [-0.25, -0.2) is 0 Å². The number of fused-ring (bicyclic) bond motifs is 2. The van der Waals surface area contributed by atoms with E-state index in [2.05, 4.69) is 77.1 Å². The van der Waals surface area contributed by atoms with Crippen LogP contribution >= 0.6 is 0 Å². The van der Waals surface area contributed by atoms with Gasteiger partial charge in [-0.05, 0) is 34.2 Å². The van der Waals surface area contributed by atoms with Gasteiger partial charge in [0.1, 0.15) is 11.2 Å². The summed E-state index contributed by atoms with van der Waals surface area (Å²) in [5.41, 5.74) is 7.95. The third-order valence-corrected chi connectivity index (χ3v) is 5.88. The van der Waals surface area contributed by atoms with Gasteiger partial charge in [-0.15, -0.1) is 0 Å². The van der Waals surface area contributed by atoms with Gasteiger partial charge in [0.15, 0.2) is 0 Å². The smallest absolute Gasteiger partial charge is 0.136 e. The summed E-state index contributed by atoms with van der Waals surface area (Å²) < 4.78 is 6.17. The molecule has 0 atom stereocenters. The Morgan fingerprint density at radius 1 is 0.885 bits per heavy atom. The van der Waals surface area contributed by atoms with Gasteiger partial charge >= 0.3 is 0 Å². The van der Waals surface area contributed by atoms with E-state index in [1.165, 1.54) is 33.0 Å². The lowest BCUT2D eigenvalue weighted by Crippen LogP contribution is -2.22. The van der Waals surface area contributed by atoms with Crippen molar-refractivity contribution in [2.24, 2.45) is 0 Å². The van der Waals surface area contributed by atoms with Crippen LogP contribution < -0.4 is 0 Å². The maximum absolute atomic E-state index is 6.17. The van der Waals surface area contributed by atoms with Gasteiger partial charge in [-0.2, -0.15) is 0 Å². The van der Waals surface area contributed by atoms with Crippen molar-refractivity contribution in [1.82, 2.24) is 4.98 Å². The molecule has 2 aromatic carbocycles. The zero-order valence-corrected chi connectivity index (χ0v) is 16.0. The first-order valence-electron chi connectivity index (χ1n) is 9.24. The molecular formula is C24H23NO.